The highest BCUT2D eigenvalue weighted by Crippen LogP contribution is 2.38. The molecule has 2 fully saturated rings. The first-order valence-corrected chi connectivity index (χ1v) is 6.89. The van der Waals surface area contributed by atoms with Crippen LogP contribution in [-0.4, -0.2) is 25.3 Å². The standard InChI is InChI=1S/C14H24N2O/c1-14(2,10-15)7-3-8-16-12-6-9-17-13(12)11-4-5-11/h11-13,16H,3-9H2,1-2H3. The van der Waals surface area contributed by atoms with E-state index in [0.717, 1.165) is 38.3 Å². The topological polar surface area (TPSA) is 45.0 Å². The minimum absolute atomic E-state index is 0.177. The molecule has 96 valence electrons. The maximum absolute atomic E-state index is 8.94. The maximum Gasteiger partial charge on any atom is 0.0756 e. The normalized spacial score (nSPS) is 29.2. The number of hydrogen-bond acceptors (Lipinski definition) is 3. The molecule has 0 aromatic rings. The van der Waals surface area contributed by atoms with Gasteiger partial charge in [-0.25, -0.2) is 0 Å². The van der Waals surface area contributed by atoms with Gasteiger partial charge in [-0.15, -0.1) is 0 Å². The summed E-state index contributed by atoms with van der Waals surface area (Å²) < 4.78 is 5.79. The second kappa shape index (κ2) is 5.37. The first-order chi connectivity index (χ1) is 8.12. The van der Waals surface area contributed by atoms with Crippen LogP contribution in [0.1, 0.15) is 46.0 Å². The van der Waals surface area contributed by atoms with Crippen molar-refractivity contribution in [3.8, 4) is 6.07 Å². The average molecular weight is 236 g/mol. The van der Waals surface area contributed by atoms with Crippen LogP contribution in [0.2, 0.25) is 0 Å². The first-order valence-electron chi connectivity index (χ1n) is 6.89. The molecule has 2 aliphatic rings. The minimum atomic E-state index is -0.177. The summed E-state index contributed by atoms with van der Waals surface area (Å²) in [6.07, 6.45) is 6.38. The maximum atomic E-state index is 8.94. The molecule has 3 nitrogen and oxygen atoms in total. The highest BCUT2D eigenvalue weighted by atomic mass is 16.5. The summed E-state index contributed by atoms with van der Waals surface area (Å²) in [4.78, 5) is 0. The molecule has 2 atom stereocenters. The quantitative estimate of drug-likeness (QED) is 0.721. The Morgan fingerprint density at radius 1 is 1.35 bits per heavy atom. The van der Waals surface area contributed by atoms with Crippen LogP contribution >= 0.6 is 0 Å². The Morgan fingerprint density at radius 2 is 2.12 bits per heavy atom. The van der Waals surface area contributed by atoms with Crippen LogP contribution in [0, 0.1) is 22.7 Å². The van der Waals surface area contributed by atoms with Gasteiger partial charge in [0.1, 0.15) is 0 Å². The van der Waals surface area contributed by atoms with E-state index in [4.69, 9.17) is 10.00 Å². The zero-order chi connectivity index (χ0) is 12.3. The molecule has 1 aliphatic heterocycles. The first kappa shape index (κ1) is 12.9. The Hall–Kier alpha value is -0.590. The molecule has 0 aromatic heterocycles. The molecule has 1 saturated carbocycles. The number of hydrogen-bond donors (Lipinski definition) is 1. The molecular weight excluding hydrogens is 212 g/mol. The average Bonchev–Trinajstić information content (AvgIpc) is 3.05. The van der Waals surface area contributed by atoms with Gasteiger partial charge in [-0.2, -0.15) is 5.26 Å². The highest BCUT2D eigenvalue weighted by Gasteiger charge is 2.40. The van der Waals surface area contributed by atoms with Crippen LogP contribution < -0.4 is 5.32 Å². The molecule has 0 aromatic carbocycles. The van der Waals surface area contributed by atoms with E-state index in [1.807, 2.05) is 13.8 Å². The van der Waals surface area contributed by atoms with Crippen molar-refractivity contribution in [3.63, 3.8) is 0 Å². The third-order valence-electron chi connectivity index (χ3n) is 3.91. The van der Waals surface area contributed by atoms with Gasteiger partial charge in [-0.1, -0.05) is 0 Å². The fraction of sp³-hybridized carbons (Fsp3) is 0.929. The molecule has 0 radical (unpaired) electrons. The molecule has 3 heteroatoms. The van der Waals surface area contributed by atoms with Crippen molar-refractivity contribution in [2.45, 2.75) is 58.1 Å². The number of nitriles is 1. The molecule has 1 heterocycles. The fourth-order valence-electron chi connectivity index (χ4n) is 2.59. The van der Waals surface area contributed by atoms with Gasteiger partial charge in [-0.3, -0.25) is 0 Å². The van der Waals surface area contributed by atoms with Gasteiger partial charge < -0.3 is 10.1 Å². The van der Waals surface area contributed by atoms with Crippen molar-refractivity contribution in [2.75, 3.05) is 13.2 Å². The van der Waals surface area contributed by atoms with Gasteiger partial charge in [0, 0.05) is 12.6 Å². The lowest BCUT2D eigenvalue weighted by Crippen LogP contribution is -2.38. The number of ether oxygens (including phenoxy) is 1. The molecular formula is C14H24N2O. The van der Waals surface area contributed by atoms with E-state index >= 15 is 0 Å². The van der Waals surface area contributed by atoms with Crippen molar-refractivity contribution >= 4 is 0 Å². The SMILES string of the molecule is CC(C)(C#N)CCCNC1CCOC1C1CC1. The van der Waals surface area contributed by atoms with E-state index in [0.29, 0.717) is 12.1 Å². The smallest absolute Gasteiger partial charge is 0.0756 e. The molecule has 0 amide bonds. The third-order valence-corrected chi connectivity index (χ3v) is 3.91. The summed E-state index contributed by atoms with van der Waals surface area (Å²) in [5.41, 5.74) is -0.177. The molecule has 1 aliphatic carbocycles. The van der Waals surface area contributed by atoms with Crippen molar-refractivity contribution in [1.82, 2.24) is 5.32 Å². The largest absolute Gasteiger partial charge is 0.376 e. The van der Waals surface area contributed by atoms with Crippen molar-refractivity contribution in [3.05, 3.63) is 0 Å². The summed E-state index contributed by atoms with van der Waals surface area (Å²) in [7, 11) is 0. The van der Waals surface area contributed by atoms with Crippen molar-refractivity contribution < 1.29 is 4.74 Å². The van der Waals surface area contributed by atoms with Crippen LogP contribution in [0.3, 0.4) is 0 Å². The Balaban J connectivity index is 1.63. The molecule has 2 rings (SSSR count). The van der Waals surface area contributed by atoms with E-state index in [9.17, 15) is 0 Å². The van der Waals surface area contributed by atoms with Gasteiger partial charge >= 0.3 is 0 Å². The van der Waals surface area contributed by atoms with E-state index in [1.54, 1.807) is 0 Å². The van der Waals surface area contributed by atoms with E-state index in [1.165, 1.54) is 12.8 Å². The van der Waals surface area contributed by atoms with E-state index in [2.05, 4.69) is 11.4 Å². The van der Waals surface area contributed by atoms with Crippen LogP contribution in [0.4, 0.5) is 0 Å². The second-order valence-electron chi connectivity index (χ2n) is 6.12. The van der Waals surface area contributed by atoms with Gasteiger partial charge in [0.15, 0.2) is 0 Å². The van der Waals surface area contributed by atoms with Crippen LogP contribution in [0.5, 0.6) is 0 Å². The lowest BCUT2D eigenvalue weighted by Gasteiger charge is -2.20. The summed E-state index contributed by atoms with van der Waals surface area (Å²) in [5, 5.41) is 12.6. The molecule has 1 N–H and O–H groups in total. The predicted molar refractivity (Wildman–Crippen MR) is 67.5 cm³/mol. The fourth-order valence-corrected chi connectivity index (χ4v) is 2.59. The van der Waals surface area contributed by atoms with E-state index in [-0.39, 0.29) is 5.41 Å². The zero-order valence-electron chi connectivity index (χ0n) is 11.0. The summed E-state index contributed by atoms with van der Waals surface area (Å²) in [6.45, 7) is 5.96. The molecule has 0 spiro atoms. The molecule has 2 unspecified atom stereocenters. The Morgan fingerprint density at radius 3 is 2.76 bits per heavy atom. The summed E-state index contributed by atoms with van der Waals surface area (Å²) in [6, 6.07) is 2.92. The number of rotatable bonds is 6. The monoisotopic (exact) mass is 236 g/mol. The summed E-state index contributed by atoms with van der Waals surface area (Å²) >= 11 is 0. The van der Waals surface area contributed by atoms with Gasteiger partial charge in [-0.05, 0) is 58.4 Å². The lowest BCUT2D eigenvalue weighted by molar-refractivity contribution is 0.0810. The number of nitrogens with one attached hydrogen (secondary N) is 1. The molecule has 0 bridgehead atoms. The Labute approximate surface area is 105 Å². The van der Waals surface area contributed by atoms with Crippen LogP contribution in [0.25, 0.3) is 0 Å². The molecule has 1 saturated heterocycles. The summed E-state index contributed by atoms with van der Waals surface area (Å²) in [5.74, 6) is 0.825. The van der Waals surface area contributed by atoms with Gasteiger partial charge in [0.05, 0.1) is 17.6 Å². The number of nitrogens with zero attached hydrogens (tertiary/aromatic N) is 1. The molecule has 17 heavy (non-hydrogen) atoms. The van der Waals surface area contributed by atoms with Crippen LogP contribution in [-0.2, 0) is 4.74 Å². The minimum Gasteiger partial charge on any atom is -0.376 e. The van der Waals surface area contributed by atoms with E-state index < -0.39 is 0 Å². The van der Waals surface area contributed by atoms with Gasteiger partial charge in [0.25, 0.3) is 0 Å². The van der Waals surface area contributed by atoms with Crippen molar-refractivity contribution in [2.24, 2.45) is 11.3 Å². The Kier molecular flexibility index (Phi) is 4.06. The van der Waals surface area contributed by atoms with Gasteiger partial charge in [0.2, 0.25) is 0 Å². The van der Waals surface area contributed by atoms with Crippen molar-refractivity contribution in [1.29, 1.82) is 5.26 Å². The Bertz CT molecular complexity index is 291. The third kappa shape index (κ3) is 3.69. The van der Waals surface area contributed by atoms with Crippen LogP contribution in [0.15, 0.2) is 0 Å². The highest BCUT2D eigenvalue weighted by molar-refractivity contribution is 4.94. The lowest BCUT2D eigenvalue weighted by atomic mass is 9.90. The second-order valence-corrected chi connectivity index (χ2v) is 6.12. The zero-order valence-corrected chi connectivity index (χ0v) is 11.0. The predicted octanol–water partition coefficient (Wildman–Crippen LogP) is 2.47.